The molecule has 0 bridgehead atoms. The summed E-state index contributed by atoms with van der Waals surface area (Å²) in [7, 11) is 0. The van der Waals surface area contributed by atoms with Crippen LogP contribution in [0.2, 0.25) is 0 Å². The number of benzene rings is 2. The molecule has 5 rings (SSSR count). The van der Waals surface area contributed by atoms with E-state index in [1.54, 1.807) is 6.07 Å². The van der Waals surface area contributed by atoms with E-state index in [1.165, 1.54) is 12.1 Å². The van der Waals surface area contributed by atoms with E-state index in [0.29, 0.717) is 37.9 Å². The van der Waals surface area contributed by atoms with Gasteiger partial charge in [-0.05, 0) is 42.8 Å². The van der Waals surface area contributed by atoms with Gasteiger partial charge < -0.3 is 19.9 Å². The fourth-order valence-electron chi connectivity index (χ4n) is 4.43. The van der Waals surface area contributed by atoms with Gasteiger partial charge in [-0.2, -0.15) is 29.9 Å². The highest BCUT2D eigenvalue weighted by Gasteiger charge is 2.31. The van der Waals surface area contributed by atoms with Crippen LogP contribution < -0.4 is 15.1 Å². The van der Waals surface area contributed by atoms with Crippen molar-refractivity contribution >= 4 is 35.1 Å². The zero-order chi connectivity index (χ0) is 26.7. The van der Waals surface area contributed by atoms with Gasteiger partial charge in [-0.1, -0.05) is 12.1 Å². The Morgan fingerprint density at radius 2 is 1.74 bits per heavy atom. The van der Waals surface area contributed by atoms with E-state index in [9.17, 15) is 18.0 Å². The molecule has 0 unspecified atom stereocenters. The Morgan fingerprint density at radius 3 is 2.47 bits per heavy atom. The number of thioether (sulfide) groups is 1. The Hall–Kier alpha value is -3.31. The van der Waals surface area contributed by atoms with Gasteiger partial charge in [0.05, 0.1) is 24.5 Å². The van der Waals surface area contributed by atoms with E-state index in [1.807, 2.05) is 36.9 Å². The van der Waals surface area contributed by atoms with Gasteiger partial charge in [-0.15, -0.1) is 0 Å². The largest absolute Gasteiger partial charge is 0.416 e. The predicted octanol–water partition coefficient (Wildman–Crippen LogP) is 5.11. The number of halogens is 3. The molecule has 0 spiro atoms. The molecule has 3 heterocycles. The zero-order valence-corrected chi connectivity index (χ0v) is 21.7. The number of rotatable bonds is 5. The Labute approximate surface area is 223 Å². The van der Waals surface area contributed by atoms with Crippen LogP contribution in [0.4, 0.5) is 30.6 Å². The summed E-state index contributed by atoms with van der Waals surface area (Å²) in [6.45, 7) is 6.38. The third kappa shape index (κ3) is 6.05. The van der Waals surface area contributed by atoms with Crippen LogP contribution in [-0.2, 0) is 10.9 Å². The van der Waals surface area contributed by atoms with Gasteiger partial charge in [0.15, 0.2) is 0 Å². The molecule has 2 aliphatic rings. The molecular formula is C27H28F3N5O2S. The third-order valence-corrected chi connectivity index (χ3v) is 7.50. The van der Waals surface area contributed by atoms with Crippen molar-refractivity contribution in [3.63, 3.8) is 0 Å². The number of anilines is 3. The molecule has 3 aromatic rings. The molecule has 2 aromatic carbocycles. The molecule has 11 heteroatoms. The molecular weight excluding hydrogens is 515 g/mol. The van der Waals surface area contributed by atoms with E-state index in [0.717, 1.165) is 59.4 Å². The van der Waals surface area contributed by atoms with Crippen molar-refractivity contribution in [2.45, 2.75) is 13.1 Å². The van der Waals surface area contributed by atoms with Crippen molar-refractivity contribution < 1.29 is 22.7 Å². The number of aromatic nitrogens is 2. The minimum atomic E-state index is -4.52. The lowest BCUT2D eigenvalue weighted by atomic mass is 10.0. The lowest BCUT2D eigenvalue weighted by Gasteiger charge is -2.31. The number of nitrogens with zero attached hydrogens (tertiary/aromatic N) is 4. The van der Waals surface area contributed by atoms with Gasteiger partial charge in [-0.3, -0.25) is 4.79 Å². The molecule has 1 aromatic heterocycles. The number of nitrogens with one attached hydrogen (secondary N) is 1. The van der Waals surface area contributed by atoms with Crippen LogP contribution in [0.25, 0.3) is 11.3 Å². The first-order valence-corrected chi connectivity index (χ1v) is 13.6. The van der Waals surface area contributed by atoms with Crippen LogP contribution in [0.3, 0.4) is 0 Å². The van der Waals surface area contributed by atoms with Crippen molar-refractivity contribution in [3.05, 3.63) is 65.2 Å². The quantitative estimate of drug-likeness (QED) is 0.480. The van der Waals surface area contributed by atoms with Crippen molar-refractivity contribution in [2.24, 2.45) is 0 Å². The summed E-state index contributed by atoms with van der Waals surface area (Å²) in [5.74, 6) is 2.94. The highest BCUT2D eigenvalue weighted by atomic mass is 32.2. The van der Waals surface area contributed by atoms with E-state index < -0.39 is 17.6 Å². The summed E-state index contributed by atoms with van der Waals surface area (Å²) >= 11 is 1.92. The van der Waals surface area contributed by atoms with Crippen molar-refractivity contribution in [1.29, 1.82) is 0 Å². The summed E-state index contributed by atoms with van der Waals surface area (Å²) in [6, 6.07) is 11.8. The number of hydrogen-bond donors (Lipinski definition) is 1. The first-order chi connectivity index (χ1) is 18.3. The maximum absolute atomic E-state index is 13.1. The van der Waals surface area contributed by atoms with Crippen LogP contribution in [0.1, 0.15) is 21.5 Å². The topological polar surface area (TPSA) is 70.6 Å². The molecule has 2 fully saturated rings. The number of amides is 1. The maximum Gasteiger partial charge on any atom is 0.416 e. The molecule has 0 saturated carbocycles. The van der Waals surface area contributed by atoms with Crippen LogP contribution in [0, 0.1) is 6.92 Å². The standard InChI is InChI=1S/C27H28F3N5O2S/c1-18-5-6-21(31-25(36)19-3-2-4-20(15-19)27(28,29)30)16-22(18)23-17-24(34-9-13-38-14-10-34)33-26(32-23)35-7-11-37-12-8-35/h2-6,15-17H,7-14H2,1H3,(H,31,36). The Bertz CT molecular complexity index is 1270. The van der Waals surface area contributed by atoms with Crippen molar-refractivity contribution in [3.8, 4) is 11.3 Å². The maximum atomic E-state index is 13.1. The number of aryl methyl sites for hydroxylation is 1. The smallest absolute Gasteiger partial charge is 0.378 e. The second-order valence-electron chi connectivity index (χ2n) is 9.17. The molecule has 0 aliphatic carbocycles. The van der Waals surface area contributed by atoms with Gasteiger partial charge in [0, 0.05) is 60.6 Å². The van der Waals surface area contributed by atoms with Gasteiger partial charge in [0.25, 0.3) is 5.91 Å². The fourth-order valence-corrected chi connectivity index (χ4v) is 5.34. The minimum absolute atomic E-state index is 0.0659. The number of ether oxygens (including phenoxy) is 1. The minimum Gasteiger partial charge on any atom is -0.378 e. The van der Waals surface area contributed by atoms with Crippen LogP contribution >= 0.6 is 11.8 Å². The first-order valence-electron chi connectivity index (χ1n) is 12.4. The van der Waals surface area contributed by atoms with Gasteiger partial charge >= 0.3 is 6.18 Å². The van der Waals surface area contributed by atoms with Crippen molar-refractivity contribution in [2.75, 3.05) is 66.0 Å². The molecule has 2 aliphatic heterocycles. The summed E-state index contributed by atoms with van der Waals surface area (Å²) in [5.41, 5.74) is 2.03. The van der Waals surface area contributed by atoms with Gasteiger partial charge in [0.2, 0.25) is 5.95 Å². The Balaban J connectivity index is 1.47. The SMILES string of the molecule is Cc1ccc(NC(=O)c2cccc(C(F)(F)F)c2)cc1-c1cc(N2CCSCC2)nc(N2CCOCC2)n1. The number of morpholine rings is 1. The highest BCUT2D eigenvalue weighted by Crippen LogP contribution is 2.32. The second-order valence-corrected chi connectivity index (χ2v) is 10.4. The summed E-state index contributed by atoms with van der Waals surface area (Å²) in [4.78, 5) is 27.0. The van der Waals surface area contributed by atoms with E-state index >= 15 is 0 Å². The molecule has 1 N–H and O–H groups in total. The van der Waals surface area contributed by atoms with Crippen LogP contribution in [0.5, 0.6) is 0 Å². The van der Waals surface area contributed by atoms with E-state index in [2.05, 4.69) is 15.1 Å². The average Bonchev–Trinajstić information content (AvgIpc) is 2.94. The lowest BCUT2D eigenvalue weighted by Crippen LogP contribution is -2.38. The monoisotopic (exact) mass is 543 g/mol. The normalized spacial score (nSPS) is 16.4. The summed E-state index contributed by atoms with van der Waals surface area (Å²) < 4.78 is 44.9. The van der Waals surface area contributed by atoms with Crippen LogP contribution in [0.15, 0.2) is 48.5 Å². The molecule has 200 valence electrons. The summed E-state index contributed by atoms with van der Waals surface area (Å²) in [6.07, 6.45) is -4.52. The molecule has 7 nitrogen and oxygen atoms in total. The molecule has 1 amide bonds. The van der Waals surface area contributed by atoms with E-state index in [4.69, 9.17) is 14.7 Å². The lowest BCUT2D eigenvalue weighted by molar-refractivity contribution is -0.137. The molecule has 0 atom stereocenters. The average molecular weight is 544 g/mol. The van der Waals surface area contributed by atoms with Crippen molar-refractivity contribution in [1.82, 2.24) is 9.97 Å². The first kappa shape index (κ1) is 26.3. The van der Waals surface area contributed by atoms with Gasteiger partial charge in [0.1, 0.15) is 5.82 Å². The number of carbonyl (C=O) groups excluding carboxylic acids is 1. The zero-order valence-electron chi connectivity index (χ0n) is 20.9. The predicted molar refractivity (Wildman–Crippen MR) is 144 cm³/mol. The summed E-state index contributed by atoms with van der Waals surface area (Å²) in [5, 5.41) is 2.74. The van der Waals surface area contributed by atoms with E-state index in [-0.39, 0.29) is 5.56 Å². The molecule has 38 heavy (non-hydrogen) atoms. The molecule has 0 radical (unpaired) electrons. The molecule has 2 saturated heterocycles. The number of hydrogen-bond acceptors (Lipinski definition) is 7. The fraction of sp³-hybridized carbons (Fsp3) is 0.370. The van der Waals surface area contributed by atoms with Crippen LogP contribution in [-0.4, -0.2) is 66.8 Å². The second kappa shape index (κ2) is 11.2. The highest BCUT2D eigenvalue weighted by molar-refractivity contribution is 7.99. The Kier molecular flexibility index (Phi) is 7.75. The number of alkyl halides is 3. The Morgan fingerprint density at radius 1 is 0.974 bits per heavy atom. The third-order valence-electron chi connectivity index (χ3n) is 6.55. The van der Waals surface area contributed by atoms with Gasteiger partial charge in [-0.25, -0.2) is 4.98 Å². The number of carbonyl (C=O) groups is 1.